The molecular formula is C30H41F3N6O2. The molecule has 1 aromatic heterocycles. The second-order valence-electron chi connectivity index (χ2n) is 7.82. The second-order valence-corrected chi connectivity index (χ2v) is 7.82. The van der Waals surface area contributed by atoms with Crippen molar-refractivity contribution in [3.63, 3.8) is 0 Å². The Morgan fingerprint density at radius 2 is 1.63 bits per heavy atom. The van der Waals surface area contributed by atoms with E-state index in [1.54, 1.807) is 27.2 Å². The number of aliphatic imine (C=N–C) groups is 2. The molecule has 0 aliphatic heterocycles. The fourth-order valence-electron chi connectivity index (χ4n) is 3.04. The Balaban J connectivity index is 0.00000382. The summed E-state index contributed by atoms with van der Waals surface area (Å²) in [5.74, 6) is 0.313. The summed E-state index contributed by atoms with van der Waals surface area (Å²) in [7, 11) is 4.63. The van der Waals surface area contributed by atoms with Gasteiger partial charge in [-0.2, -0.15) is 18.3 Å². The Labute approximate surface area is 241 Å². The molecule has 2 aromatic rings. The first-order valence-electron chi connectivity index (χ1n) is 13.1. The van der Waals surface area contributed by atoms with Gasteiger partial charge in [0.2, 0.25) is 11.8 Å². The quantitative estimate of drug-likeness (QED) is 0.124. The largest absolute Gasteiger partial charge is 0.481 e. The molecule has 0 fully saturated rings. The average Bonchev–Trinajstić information content (AvgIpc) is 2.98. The maximum Gasteiger partial charge on any atom is 0.417 e. The molecule has 0 radical (unpaired) electrons. The van der Waals surface area contributed by atoms with Crippen molar-refractivity contribution in [1.29, 1.82) is 0 Å². The van der Waals surface area contributed by atoms with Crippen molar-refractivity contribution in [3.05, 3.63) is 77.0 Å². The molecule has 0 saturated heterocycles. The molecule has 0 amide bonds. The maximum atomic E-state index is 12.7. The van der Waals surface area contributed by atoms with Crippen LogP contribution in [0.1, 0.15) is 58.2 Å². The van der Waals surface area contributed by atoms with Crippen LogP contribution in [0.5, 0.6) is 5.88 Å². The molecule has 224 valence electrons. The number of hydrogen-bond acceptors (Lipinski definition) is 7. The summed E-state index contributed by atoms with van der Waals surface area (Å²) in [4.78, 5) is 12.3. The Morgan fingerprint density at radius 1 is 1.00 bits per heavy atom. The van der Waals surface area contributed by atoms with E-state index >= 15 is 0 Å². The van der Waals surface area contributed by atoms with E-state index in [-0.39, 0.29) is 18.4 Å². The highest BCUT2D eigenvalue weighted by atomic mass is 19.4. The lowest BCUT2D eigenvalue weighted by Crippen LogP contribution is -2.13. The molecule has 0 unspecified atom stereocenters. The lowest BCUT2D eigenvalue weighted by molar-refractivity contribution is -0.137. The van der Waals surface area contributed by atoms with Crippen LogP contribution in [0.25, 0.3) is 5.70 Å². The van der Waals surface area contributed by atoms with Crippen LogP contribution in [0.3, 0.4) is 0 Å². The molecule has 41 heavy (non-hydrogen) atoms. The van der Waals surface area contributed by atoms with Gasteiger partial charge in [-0.15, -0.1) is 5.10 Å². The van der Waals surface area contributed by atoms with Crippen molar-refractivity contribution >= 4 is 23.5 Å². The average molecular weight is 575 g/mol. The zero-order valence-electron chi connectivity index (χ0n) is 25.4. The van der Waals surface area contributed by atoms with Crippen molar-refractivity contribution in [2.75, 3.05) is 27.8 Å². The first kappa shape index (κ1) is 36.8. The molecule has 11 heteroatoms. The minimum Gasteiger partial charge on any atom is -0.481 e. The van der Waals surface area contributed by atoms with E-state index in [9.17, 15) is 13.2 Å². The van der Waals surface area contributed by atoms with Crippen LogP contribution in [0.4, 0.5) is 13.2 Å². The molecule has 0 aliphatic rings. The van der Waals surface area contributed by atoms with Crippen molar-refractivity contribution in [2.45, 2.75) is 54.1 Å². The third kappa shape index (κ3) is 13.2. The smallest absolute Gasteiger partial charge is 0.417 e. The topological polar surface area (TPSA) is 93.2 Å². The fourth-order valence-corrected chi connectivity index (χ4v) is 3.04. The summed E-state index contributed by atoms with van der Waals surface area (Å²) in [6.07, 6.45) is -1.55. The summed E-state index contributed by atoms with van der Waals surface area (Å²) >= 11 is 0. The highest BCUT2D eigenvalue weighted by molar-refractivity contribution is 6.14. The van der Waals surface area contributed by atoms with Crippen LogP contribution >= 0.6 is 0 Å². The summed E-state index contributed by atoms with van der Waals surface area (Å²) in [6.45, 7) is 15.7. The number of alkyl halides is 3. The van der Waals surface area contributed by atoms with Crippen molar-refractivity contribution in [3.8, 4) is 5.88 Å². The van der Waals surface area contributed by atoms with Crippen LogP contribution in [0, 0.1) is 0 Å². The van der Waals surface area contributed by atoms with E-state index in [1.807, 2.05) is 58.9 Å². The molecular weight excluding hydrogens is 533 g/mol. The number of benzene rings is 1. The molecule has 1 heterocycles. The monoisotopic (exact) mass is 574 g/mol. The second kappa shape index (κ2) is 19.8. The molecule has 0 saturated carbocycles. The van der Waals surface area contributed by atoms with E-state index in [4.69, 9.17) is 9.47 Å². The standard InChI is InChI=1S/C26H29F3N6O2.2C2H6/c1-17(16-37-24-12-11-22(14-32-24)26(27,28)29)23(15-30-4)25(36-6)33-19(3)21-9-7-20(8-10-21)13-18(2)34-35-31-5;2*1-2/h7-12,14-15H,3,13,16H2,1-2,4-6H3;2*1-2H3/b23-17-,30-15?,33-25?,34-18+,35-31?;;. The lowest BCUT2D eigenvalue weighted by Gasteiger charge is -2.13. The minimum atomic E-state index is -4.47. The predicted molar refractivity (Wildman–Crippen MR) is 162 cm³/mol. The minimum absolute atomic E-state index is 0.0295. The fraction of sp³-hybridized carbons (Fsp3) is 0.400. The molecule has 8 nitrogen and oxygen atoms in total. The van der Waals surface area contributed by atoms with Crippen LogP contribution in [0.2, 0.25) is 0 Å². The van der Waals surface area contributed by atoms with Gasteiger partial charge in [0.1, 0.15) is 6.61 Å². The van der Waals surface area contributed by atoms with Gasteiger partial charge in [0.25, 0.3) is 0 Å². The van der Waals surface area contributed by atoms with E-state index in [0.29, 0.717) is 23.3 Å². The van der Waals surface area contributed by atoms with Gasteiger partial charge in [-0.3, -0.25) is 4.99 Å². The highest BCUT2D eigenvalue weighted by Gasteiger charge is 2.30. The Kier molecular flexibility index (Phi) is 17.8. The van der Waals surface area contributed by atoms with Gasteiger partial charge < -0.3 is 9.47 Å². The summed E-state index contributed by atoms with van der Waals surface area (Å²) in [5, 5.41) is 11.2. The normalized spacial score (nSPS) is 12.7. The van der Waals surface area contributed by atoms with Gasteiger partial charge in [0.05, 0.1) is 31.0 Å². The Morgan fingerprint density at radius 3 is 2.12 bits per heavy atom. The zero-order chi connectivity index (χ0) is 31.4. The van der Waals surface area contributed by atoms with Gasteiger partial charge in [-0.1, -0.05) is 63.8 Å². The molecule has 0 N–H and O–H groups in total. The van der Waals surface area contributed by atoms with E-state index < -0.39 is 11.7 Å². The number of ether oxygens (including phenoxy) is 2. The van der Waals surface area contributed by atoms with Crippen LogP contribution in [-0.4, -0.2) is 50.6 Å². The van der Waals surface area contributed by atoms with Crippen LogP contribution in [0.15, 0.2) is 85.7 Å². The SMILES string of the molecule is C=C(N=C(OC)/C(C=NC)=C(/C)COc1ccc(C(F)(F)F)cn1)c1ccc(C/C(C)=N/N=NC)cc1.CC.CC. The number of rotatable bonds is 10. The maximum absolute atomic E-state index is 12.7. The van der Waals surface area contributed by atoms with Gasteiger partial charge in [-0.25, -0.2) is 9.98 Å². The Hall–Kier alpha value is -4.15. The molecule has 0 atom stereocenters. The number of methoxy groups -OCH3 is 1. The van der Waals surface area contributed by atoms with Gasteiger partial charge in [0.15, 0.2) is 0 Å². The summed E-state index contributed by atoms with van der Waals surface area (Å²) in [6, 6.07) is 9.77. The number of halogens is 3. The lowest BCUT2D eigenvalue weighted by atomic mass is 10.1. The molecule has 0 aliphatic carbocycles. The third-order valence-electron chi connectivity index (χ3n) is 4.93. The van der Waals surface area contributed by atoms with E-state index in [2.05, 4.69) is 37.0 Å². The van der Waals surface area contributed by atoms with Gasteiger partial charge >= 0.3 is 6.18 Å². The Bertz CT molecular complexity index is 1210. The number of aromatic nitrogens is 1. The van der Waals surface area contributed by atoms with Crippen molar-refractivity contribution in [2.24, 2.45) is 25.4 Å². The predicted octanol–water partition coefficient (Wildman–Crippen LogP) is 8.26. The summed E-state index contributed by atoms with van der Waals surface area (Å²) < 4.78 is 49.3. The number of nitrogens with zero attached hydrogens (tertiary/aromatic N) is 6. The van der Waals surface area contributed by atoms with Crippen molar-refractivity contribution in [1.82, 2.24) is 4.98 Å². The van der Waals surface area contributed by atoms with Gasteiger partial charge in [0, 0.05) is 37.7 Å². The van der Waals surface area contributed by atoms with Gasteiger partial charge in [-0.05, 0) is 36.6 Å². The van der Waals surface area contributed by atoms with Crippen molar-refractivity contribution < 1.29 is 22.6 Å². The van der Waals surface area contributed by atoms with E-state index in [0.717, 1.165) is 29.1 Å². The zero-order valence-corrected chi connectivity index (χ0v) is 25.4. The third-order valence-corrected chi connectivity index (χ3v) is 4.93. The van der Waals surface area contributed by atoms with Crippen LogP contribution < -0.4 is 4.74 Å². The molecule has 1 aromatic carbocycles. The van der Waals surface area contributed by atoms with E-state index in [1.165, 1.54) is 13.2 Å². The molecule has 2 rings (SSSR count). The molecule has 0 bridgehead atoms. The number of hydrogen-bond donors (Lipinski definition) is 0. The number of pyridine rings is 1. The first-order valence-corrected chi connectivity index (χ1v) is 13.1. The summed E-state index contributed by atoms with van der Waals surface area (Å²) in [5.41, 5.74) is 3.50. The highest BCUT2D eigenvalue weighted by Crippen LogP contribution is 2.29. The first-order chi connectivity index (χ1) is 19.6. The van der Waals surface area contributed by atoms with Crippen LogP contribution in [-0.2, 0) is 17.3 Å². The molecule has 0 spiro atoms.